The molecular weight excluding hydrogens is 271 g/mol. The lowest BCUT2D eigenvalue weighted by molar-refractivity contribution is -0.123. The molecule has 0 saturated heterocycles. The van der Waals surface area contributed by atoms with Crippen LogP contribution in [0.4, 0.5) is 4.39 Å². The summed E-state index contributed by atoms with van der Waals surface area (Å²) in [5.74, 6) is -0.00959. The van der Waals surface area contributed by atoms with Gasteiger partial charge in [-0.15, -0.1) is 0 Å². The molecule has 2 atom stereocenters. The van der Waals surface area contributed by atoms with E-state index < -0.39 is 5.82 Å². The highest BCUT2D eigenvalue weighted by atomic mass is 19.1. The van der Waals surface area contributed by atoms with Crippen molar-refractivity contribution in [1.82, 2.24) is 5.43 Å². The predicted molar refractivity (Wildman–Crippen MR) is 79.7 cm³/mol. The summed E-state index contributed by atoms with van der Waals surface area (Å²) in [5, 5.41) is 4.22. The largest absolute Gasteiger partial charge is 0.481 e. The highest BCUT2D eigenvalue weighted by molar-refractivity contribution is 5.90. The number of carbonyl (C=O) groups is 1. The van der Waals surface area contributed by atoms with Crippen LogP contribution in [-0.4, -0.2) is 18.2 Å². The van der Waals surface area contributed by atoms with Gasteiger partial charge in [0.05, 0.1) is 0 Å². The Morgan fingerprint density at radius 2 is 2.00 bits per heavy atom. The van der Waals surface area contributed by atoms with Crippen LogP contribution in [0, 0.1) is 17.7 Å². The molecule has 0 unspecified atom stereocenters. The predicted octanol–water partition coefficient (Wildman–Crippen LogP) is 3.13. The van der Waals surface area contributed by atoms with Crippen LogP contribution in [0.25, 0.3) is 0 Å². The molecule has 1 N–H and O–H groups in total. The van der Waals surface area contributed by atoms with Gasteiger partial charge in [0, 0.05) is 5.71 Å². The number of amides is 1. The lowest BCUT2D eigenvalue weighted by Gasteiger charge is -2.26. The van der Waals surface area contributed by atoms with Crippen molar-refractivity contribution in [3.63, 3.8) is 0 Å². The minimum atomic E-state index is -0.480. The van der Waals surface area contributed by atoms with E-state index in [9.17, 15) is 9.18 Å². The molecule has 1 amide bonds. The van der Waals surface area contributed by atoms with E-state index in [4.69, 9.17) is 4.74 Å². The van der Waals surface area contributed by atoms with Gasteiger partial charge in [-0.2, -0.15) is 5.10 Å². The fourth-order valence-corrected chi connectivity index (χ4v) is 2.60. The summed E-state index contributed by atoms with van der Waals surface area (Å²) in [6.07, 6.45) is 3.40. The van der Waals surface area contributed by atoms with Crippen molar-refractivity contribution in [2.75, 3.05) is 6.61 Å². The van der Waals surface area contributed by atoms with E-state index in [0.717, 1.165) is 18.6 Å². The maximum absolute atomic E-state index is 13.3. The van der Waals surface area contributed by atoms with Crippen molar-refractivity contribution >= 4 is 11.6 Å². The summed E-state index contributed by atoms with van der Waals surface area (Å²) in [6.45, 7) is 3.99. The number of ether oxygens (including phenoxy) is 1. The molecule has 0 aliphatic heterocycles. The molecule has 4 nitrogen and oxygen atoms in total. The van der Waals surface area contributed by atoms with Gasteiger partial charge in [-0.25, -0.2) is 9.82 Å². The lowest BCUT2D eigenvalue weighted by Crippen LogP contribution is -2.31. The zero-order valence-electron chi connectivity index (χ0n) is 12.4. The van der Waals surface area contributed by atoms with Gasteiger partial charge in [0.1, 0.15) is 0 Å². The summed E-state index contributed by atoms with van der Waals surface area (Å²) in [6, 6.07) is 6.00. The Morgan fingerprint density at radius 1 is 1.33 bits per heavy atom. The van der Waals surface area contributed by atoms with Crippen LogP contribution in [0.1, 0.15) is 33.1 Å². The minimum absolute atomic E-state index is 0.0692. The van der Waals surface area contributed by atoms with Crippen molar-refractivity contribution in [3.8, 4) is 5.75 Å². The molecule has 0 aromatic heterocycles. The van der Waals surface area contributed by atoms with Crippen LogP contribution in [0.2, 0.25) is 0 Å². The number of nitrogens with zero attached hydrogens (tertiary/aromatic N) is 1. The molecule has 5 heteroatoms. The number of hydrogen-bond donors (Lipinski definition) is 1. The monoisotopic (exact) mass is 292 g/mol. The zero-order valence-corrected chi connectivity index (χ0v) is 12.4. The summed E-state index contributed by atoms with van der Waals surface area (Å²) in [7, 11) is 0. The van der Waals surface area contributed by atoms with E-state index >= 15 is 0 Å². The van der Waals surface area contributed by atoms with Crippen molar-refractivity contribution in [2.45, 2.75) is 33.1 Å². The quantitative estimate of drug-likeness (QED) is 0.867. The Kier molecular flexibility index (Phi) is 5.31. The third-order valence-corrected chi connectivity index (χ3v) is 3.79. The van der Waals surface area contributed by atoms with Gasteiger partial charge in [-0.1, -0.05) is 32.4 Å². The summed E-state index contributed by atoms with van der Waals surface area (Å²) < 4.78 is 18.5. The minimum Gasteiger partial charge on any atom is -0.481 e. The zero-order chi connectivity index (χ0) is 15.2. The van der Waals surface area contributed by atoms with Crippen LogP contribution in [0.3, 0.4) is 0 Å². The van der Waals surface area contributed by atoms with Crippen LogP contribution < -0.4 is 10.2 Å². The first-order valence-electron chi connectivity index (χ1n) is 7.31. The van der Waals surface area contributed by atoms with Crippen LogP contribution in [0.15, 0.2) is 29.4 Å². The van der Waals surface area contributed by atoms with E-state index in [-0.39, 0.29) is 18.3 Å². The smallest absolute Gasteiger partial charge is 0.277 e. The van der Waals surface area contributed by atoms with Gasteiger partial charge >= 0.3 is 0 Å². The molecule has 1 saturated carbocycles. The first-order chi connectivity index (χ1) is 10.1. The summed E-state index contributed by atoms with van der Waals surface area (Å²) >= 11 is 0. The molecule has 1 aliphatic rings. The van der Waals surface area contributed by atoms with E-state index in [0.29, 0.717) is 11.8 Å². The summed E-state index contributed by atoms with van der Waals surface area (Å²) in [5.41, 5.74) is 3.53. The number of nitrogens with one attached hydrogen (secondary N) is 1. The highest BCUT2D eigenvalue weighted by Gasteiger charge is 2.23. The van der Waals surface area contributed by atoms with Crippen LogP contribution in [-0.2, 0) is 4.79 Å². The topological polar surface area (TPSA) is 50.7 Å². The molecule has 0 heterocycles. The van der Waals surface area contributed by atoms with Gasteiger partial charge in [0.2, 0.25) is 0 Å². The molecule has 1 aromatic carbocycles. The summed E-state index contributed by atoms with van der Waals surface area (Å²) in [4.78, 5) is 11.7. The molecule has 1 aromatic rings. The number of hydrogen-bond acceptors (Lipinski definition) is 3. The first kappa shape index (κ1) is 15.5. The Labute approximate surface area is 124 Å². The molecule has 21 heavy (non-hydrogen) atoms. The number of rotatable bonds is 4. The molecular formula is C16H21FN2O2. The number of halogens is 1. The van der Waals surface area contributed by atoms with Gasteiger partial charge in [0.25, 0.3) is 5.91 Å². The highest BCUT2D eigenvalue weighted by Crippen LogP contribution is 2.25. The molecule has 0 spiro atoms. The molecule has 0 radical (unpaired) electrons. The second-order valence-electron chi connectivity index (χ2n) is 5.52. The van der Waals surface area contributed by atoms with Gasteiger partial charge in [-0.05, 0) is 36.8 Å². The van der Waals surface area contributed by atoms with Crippen LogP contribution in [0.5, 0.6) is 5.75 Å². The Bertz CT molecular complexity index is 519. The molecule has 2 rings (SSSR count). The van der Waals surface area contributed by atoms with E-state index in [2.05, 4.69) is 24.4 Å². The maximum atomic E-state index is 13.3. The van der Waals surface area contributed by atoms with Crippen molar-refractivity contribution in [1.29, 1.82) is 0 Å². The number of para-hydroxylation sites is 1. The first-order valence-corrected chi connectivity index (χ1v) is 7.31. The van der Waals surface area contributed by atoms with Gasteiger partial charge in [0.15, 0.2) is 18.2 Å². The van der Waals surface area contributed by atoms with Crippen molar-refractivity contribution in [2.24, 2.45) is 16.9 Å². The molecule has 114 valence electrons. The number of carbonyl (C=O) groups excluding carboxylic acids is 1. The fourth-order valence-electron chi connectivity index (χ4n) is 2.60. The van der Waals surface area contributed by atoms with Gasteiger partial charge in [-0.3, -0.25) is 4.79 Å². The molecule has 1 aliphatic carbocycles. The maximum Gasteiger partial charge on any atom is 0.277 e. The van der Waals surface area contributed by atoms with E-state index in [1.807, 2.05) is 0 Å². The van der Waals surface area contributed by atoms with E-state index in [1.54, 1.807) is 12.1 Å². The van der Waals surface area contributed by atoms with Crippen molar-refractivity contribution < 1.29 is 13.9 Å². The molecule has 1 fully saturated rings. The Balaban J connectivity index is 1.86. The standard InChI is InChI=1S/C16H21FN2O2/c1-11-6-5-7-12(2)16(11)19-18-15(20)10-21-14-9-4-3-8-13(14)17/h3-4,8-9,11-12H,5-7,10H2,1-2H3,(H,18,20)/t11-,12+. The fraction of sp³-hybridized carbons (Fsp3) is 0.500. The third kappa shape index (κ3) is 4.28. The lowest BCUT2D eigenvalue weighted by atomic mass is 9.81. The van der Waals surface area contributed by atoms with E-state index in [1.165, 1.54) is 18.6 Å². The van der Waals surface area contributed by atoms with Crippen LogP contribution >= 0.6 is 0 Å². The Morgan fingerprint density at radius 3 is 2.67 bits per heavy atom. The van der Waals surface area contributed by atoms with Crippen molar-refractivity contribution in [3.05, 3.63) is 30.1 Å². The molecule has 0 bridgehead atoms. The average Bonchev–Trinajstić information content (AvgIpc) is 2.46. The number of hydrazone groups is 1. The van der Waals surface area contributed by atoms with Gasteiger partial charge < -0.3 is 4.74 Å². The number of benzene rings is 1. The normalized spacial score (nSPS) is 23.9. The second kappa shape index (κ2) is 7.20. The Hall–Kier alpha value is -1.91. The third-order valence-electron chi connectivity index (χ3n) is 3.79. The SMILES string of the molecule is C[C@@H]1CCC[C@H](C)C1=NNC(=O)COc1ccccc1F. The second-order valence-corrected chi connectivity index (χ2v) is 5.52. The average molecular weight is 292 g/mol.